The SMILES string of the molecule is COc1ccc(Cc2c(C)c(O)c3ccccc3c2O)cc1OC. The van der Waals surface area contributed by atoms with E-state index in [1.807, 2.05) is 43.3 Å². The van der Waals surface area contributed by atoms with Gasteiger partial charge in [0.15, 0.2) is 11.5 Å². The van der Waals surface area contributed by atoms with Crippen LogP contribution in [0.25, 0.3) is 10.8 Å². The van der Waals surface area contributed by atoms with Crippen molar-refractivity contribution >= 4 is 10.8 Å². The Morgan fingerprint density at radius 3 is 2.08 bits per heavy atom. The third kappa shape index (κ3) is 2.60. The van der Waals surface area contributed by atoms with Crippen LogP contribution in [0.2, 0.25) is 0 Å². The number of ether oxygens (including phenoxy) is 2. The number of rotatable bonds is 4. The van der Waals surface area contributed by atoms with Crippen LogP contribution >= 0.6 is 0 Å². The molecular formula is C20H20O4. The second-order valence-corrected chi connectivity index (χ2v) is 5.71. The Labute approximate surface area is 140 Å². The van der Waals surface area contributed by atoms with Gasteiger partial charge in [-0.1, -0.05) is 30.3 Å². The third-order valence-electron chi connectivity index (χ3n) is 4.36. The highest BCUT2D eigenvalue weighted by Crippen LogP contribution is 2.40. The van der Waals surface area contributed by atoms with Crippen LogP contribution in [-0.2, 0) is 6.42 Å². The first-order chi connectivity index (χ1) is 11.6. The molecule has 0 spiro atoms. The topological polar surface area (TPSA) is 58.9 Å². The van der Waals surface area contributed by atoms with Crippen molar-refractivity contribution in [1.82, 2.24) is 0 Å². The van der Waals surface area contributed by atoms with Crippen LogP contribution in [0.1, 0.15) is 16.7 Å². The van der Waals surface area contributed by atoms with Crippen LogP contribution in [0.15, 0.2) is 42.5 Å². The number of phenols is 2. The summed E-state index contributed by atoms with van der Waals surface area (Å²) in [6, 6.07) is 12.9. The average Bonchev–Trinajstić information content (AvgIpc) is 2.63. The molecule has 0 fully saturated rings. The normalized spacial score (nSPS) is 10.8. The molecule has 0 amide bonds. The van der Waals surface area contributed by atoms with Gasteiger partial charge in [0.25, 0.3) is 0 Å². The minimum atomic E-state index is 0.204. The van der Waals surface area contributed by atoms with E-state index < -0.39 is 0 Å². The van der Waals surface area contributed by atoms with Crippen molar-refractivity contribution in [2.75, 3.05) is 14.2 Å². The van der Waals surface area contributed by atoms with Crippen LogP contribution in [0.5, 0.6) is 23.0 Å². The molecule has 0 aliphatic heterocycles. The number of aromatic hydroxyl groups is 2. The minimum absolute atomic E-state index is 0.204. The maximum absolute atomic E-state index is 10.7. The van der Waals surface area contributed by atoms with E-state index in [0.717, 1.165) is 5.56 Å². The smallest absolute Gasteiger partial charge is 0.160 e. The molecule has 0 saturated carbocycles. The number of benzene rings is 3. The van der Waals surface area contributed by atoms with Crippen LogP contribution in [0.4, 0.5) is 0 Å². The maximum atomic E-state index is 10.7. The molecule has 0 aromatic heterocycles. The van der Waals surface area contributed by atoms with Gasteiger partial charge in [-0.05, 0) is 30.2 Å². The molecule has 0 bridgehead atoms. The van der Waals surface area contributed by atoms with Crippen molar-refractivity contribution in [1.29, 1.82) is 0 Å². The van der Waals surface area contributed by atoms with Crippen molar-refractivity contribution in [3.63, 3.8) is 0 Å². The number of phenolic OH excluding ortho intramolecular Hbond substituents is 2. The van der Waals surface area contributed by atoms with Crippen LogP contribution in [-0.4, -0.2) is 24.4 Å². The first-order valence-electron chi connectivity index (χ1n) is 7.69. The monoisotopic (exact) mass is 324 g/mol. The predicted octanol–water partition coefficient (Wildman–Crippen LogP) is 4.17. The summed E-state index contributed by atoms with van der Waals surface area (Å²) in [5, 5.41) is 22.5. The van der Waals surface area contributed by atoms with Crippen LogP contribution < -0.4 is 9.47 Å². The molecule has 3 aromatic rings. The van der Waals surface area contributed by atoms with E-state index in [4.69, 9.17) is 9.47 Å². The van der Waals surface area contributed by atoms with E-state index in [0.29, 0.717) is 39.8 Å². The fourth-order valence-corrected chi connectivity index (χ4v) is 2.99. The predicted molar refractivity (Wildman–Crippen MR) is 94.4 cm³/mol. The fourth-order valence-electron chi connectivity index (χ4n) is 2.99. The second kappa shape index (κ2) is 6.32. The summed E-state index contributed by atoms with van der Waals surface area (Å²) in [5.41, 5.74) is 2.35. The van der Waals surface area contributed by atoms with Crippen molar-refractivity contribution in [3.05, 3.63) is 59.2 Å². The summed E-state index contributed by atoms with van der Waals surface area (Å²) in [6.45, 7) is 1.82. The van der Waals surface area contributed by atoms with Crippen molar-refractivity contribution in [2.45, 2.75) is 13.3 Å². The largest absolute Gasteiger partial charge is 0.507 e. The molecule has 0 radical (unpaired) electrons. The summed E-state index contributed by atoms with van der Waals surface area (Å²) in [6.07, 6.45) is 0.483. The van der Waals surface area contributed by atoms with Crippen LogP contribution in [0, 0.1) is 6.92 Å². The summed E-state index contributed by atoms with van der Waals surface area (Å²) in [7, 11) is 3.18. The zero-order chi connectivity index (χ0) is 17.3. The van der Waals surface area contributed by atoms with Gasteiger partial charge in [0.2, 0.25) is 0 Å². The standard InChI is InChI=1S/C20H20O4/c1-12-16(10-13-8-9-17(23-2)18(11-13)24-3)20(22)15-7-5-4-6-14(15)19(12)21/h4-9,11,21-22H,10H2,1-3H3. The van der Waals surface area contributed by atoms with Gasteiger partial charge in [0, 0.05) is 22.8 Å². The number of fused-ring (bicyclic) bond motifs is 1. The van der Waals surface area contributed by atoms with E-state index >= 15 is 0 Å². The van der Waals surface area contributed by atoms with E-state index in [9.17, 15) is 10.2 Å². The molecule has 3 aromatic carbocycles. The lowest BCUT2D eigenvalue weighted by Crippen LogP contribution is -1.97. The molecule has 0 saturated heterocycles. The van der Waals surface area contributed by atoms with Gasteiger partial charge in [-0.25, -0.2) is 0 Å². The fraction of sp³-hybridized carbons (Fsp3) is 0.200. The first-order valence-corrected chi connectivity index (χ1v) is 7.69. The molecule has 4 nitrogen and oxygen atoms in total. The van der Waals surface area contributed by atoms with Gasteiger partial charge >= 0.3 is 0 Å². The molecule has 0 aliphatic rings. The Morgan fingerprint density at radius 2 is 1.46 bits per heavy atom. The molecule has 4 heteroatoms. The second-order valence-electron chi connectivity index (χ2n) is 5.71. The Morgan fingerprint density at radius 1 is 0.833 bits per heavy atom. The summed E-state index contributed by atoms with van der Waals surface area (Å²) in [5.74, 6) is 1.70. The van der Waals surface area contributed by atoms with Crippen molar-refractivity contribution in [3.8, 4) is 23.0 Å². The van der Waals surface area contributed by atoms with Crippen LogP contribution in [0.3, 0.4) is 0 Å². The van der Waals surface area contributed by atoms with Gasteiger partial charge in [0.1, 0.15) is 11.5 Å². The zero-order valence-corrected chi connectivity index (χ0v) is 14.0. The molecule has 3 rings (SSSR count). The third-order valence-corrected chi connectivity index (χ3v) is 4.36. The summed E-state index contributed by atoms with van der Waals surface area (Å²) < 4.78 is 10.6. The Bertz CT molecular complexity index is 900. The van der Waals surface area contributed by atoms with E-state index in [1.54, 1.807) is 20.3 Å². The summed E-state index contributed by atoms with van der Waals surface area (Å²) in [4.78, 5) is 0. The average molecular weight is 324 g/mol. The quantitative estimate of drug-likeness (QED) is 0.707. The van der Waals surface area contributed by atoms with Gasteiger partial charge in [0.05, 0.1) is 14.2 Å². The molecule has 0 aliphatic carbocycles. The van der Waals surface area contributed by atoms with E-state index in [-0.39, 0.29) is 11.5 Å². The molecule has 0 heterocycles. The molecule has 0 unspecified atom stereocenters. The lowest BCUT2D eigenvalue weighted by molar-refractivity contribution is 0.354. The highest BCUT2D eigenvalue weighted by atomic mass is 16.5. The molecular weight excluding hydrogens is 304 g/mol. The lowest BCUT2D eigenvalue weighted by Gasteiger charge is -2.15. The molecule has 0 atom stereocenters. The first kappa shape index (κ1) is 16.0. The Hall–Kier alpha value is -2.88. The molecule has 24 heavy (non-hydrogen) atoms. The van der Waals surface area contributed by atoms with Gasteiger partial charge < -0.3 is 19.7 Å². The number of methoxy groups -OCH3 is 2. The zero-order valence-electron chi connectivity index (χ0n) is 14.0. The van der Waals surface area contributed by atoms with E-state index in [2.05, 4.69) is 0 Å². The highest BCUT2D eigenvalue weighted by molar-refractivity contribution is 5.95. The lowest BCUT2D eigenvalue weighted by atomic mass is 9.94. The minimum Gasteiger partial charge on any atom is -0.507 e. The maximum Gasteiger partial charge on any atom is 0.160 e. The molecule has 2 N–H and O–H groups in total. The Kier molecular flexibility index (Phi) is 4.21. The summed E-state index contributed by atoms with van der Waals surface area (Å²) >= 11 is 0. The van der Waals surface area contributed by atoms with Gasteiger partial charge in [-0.3, -0.25) is 0 Å². The number of hydrogen-bond acceptors (Lipinski definition) is 4. The molecule has 124 valence electrons. The van der Waals surface area contributed by atoms with Crippen molar-refractivity contribution in [2.24, 2.45) is 0 Å². The van der Waals surface area contributed by atoms with Crippen molar-refractivity contribution < 1.29 is 19.7 Å². The Balaban J connectivity index is 2.11. The number of hydrogen-bond donors (Lipinski definition) is 2. The van der Waals surface area contributed by atoms with Gasteiger partial charge in [-0.15, -0.1) is 0 Å². The highest BCUT2D eigenvalue weighted by Gasteiger charge is 2.16. The van der Waals surface area contributed by atoms with E-state index in [1.165, 1.54) is 0 Å². The van der Waals surface area contributed by atoms with Gasteiger partial charge in [-0.2, -0.15) is 0 Å².